The van der Waals surface area contributed by atoms with Crippen molar-refractivity contribution in [1.82, 2.24) is 19.4 Å². The van der Waals surface area contributed by atoms with Crippen LogP contribution in [-0.2, 0) is 6.42 Å². The molecule has 166 valence electrons. The van der Waals surface area contributed by atoms with E-state index in [2.05, 4.69) is 9.97 Å². The van der Waals surface area contributed by atoms with Gasteiger partial charge < -0.3 is 14.6 Å². The van der Waals surface area contributed by atoms with Gasteiger partial charge >= 0.3 is 0 Å². The number of nitrogens with zero attached hydrogens (tertiary/aromatic N) is 4. The third kappa shape index (κ3) is 3.48. The first-order valence-corrected chi connectivity index (χ1v) is 10.5. The maximum Gasteiger partial charge on any atom is 0.260 e. The fourth-order valence-electron chi connectivity index (χ4n) is 4.49. The third-order valence-electron chi connectivity index (χ3n) is 6.11. The van der Waals surface area contributed by atoms with Gasteiger partial charge in [-0.05, 0) is 37.0 Å². The fourth-order valence-corrected chi connectivity index (χ4v) is 4.49. The molecule has 32 heavy (non-hydrogen) atoms. The molecule has 0 unspecified atom stereocenters. The molecule has 1 N–H and O–H groups in total. The van der Waals surface area contributed by atoms with E-state index in [-0.39, 0.29) is 35.7 Å². The van der Waals surface area contributed by atoms with Gasteiger partial charge in [0.15, 0.2) is 18.2 Å². The van der Waals surface area contributed by atoms with Crippen molar-refractivity contribution in [3.8, 4) is 17.3 Å². The highest BCUT2D eigenvalue weighted by Crippen LogP contribution is 2.39. The van der Waals surface area contributed by atoms with Gasteiger partial charge in [-0.1, -0.05) is 6.07 Å². The Hall–Kier alpha value is -3.46. The molecule has 2 aliphatic rings. The van der Waals surface area contributed by atoms with Crippen LogP contribution in [0.4, 0.5) is 4.39 Å². The lowest BCUT2D eigenvalue weighted by Gasteiger charge is -2.35. The Labute approximate surface area is 184 Å². The fraction of sp³-hybridized carbons (Fsp3) is 0.348. The van der Waals surface area contributed by atoms with Crippen LogP contribution in [0.3, 0.4) is 0 Å². The van der Waals surface area contributed by atoms with Crippen LogP contribution in [0.25, 0.3) is 5.82 Å². The highest BCUT2D eigenvalue weighted by atomic mass is 19.1. The summed E-state index contributed by atoms with van der Waals surface area (Å²) in [4.78, 5) is 23.1. The number of imidazole rings is 1. The van der Waals surface area contributed by atoms with Crippen molar-refractivity contribution >= 4 is 5.91 Å². The van der Waals surface area contributed by atoms with Gasteiger partial charge in [0, 0.05) is 30.6 Å². The number of fused-ring (bicyclic) bond motifs is 1. The predicted molar refractivity (Wildman–Crippen MR) is 112 cm³/mol. The Morgan fingerprint density at radius 2 is 2.22 bits per heavy atom. The second-order valence-corrected chi connectivity index (χ2v) is 8.04. The maximum atomic E-state index is 15.2. The molecule has 2 atom stereocenters. The SMILES string of the molecule is COc1c(Cc2ccc(-n3ccnc3)nc2)cc2c(c1F)OCN([C@H]1CCC[C@@H]1O)C2=O. The van der Waals surface area contributed by atoms with E-state index in [9.17, 15) is 9.90 Å². The van der Waals surface area contributed by atoms with Crippen LogP contribution in [-0.4, -0.2) is 56.4 Å². The van der Waals surface area contributed by atoms with Gasteiger partial charge in [0.2, 0.25) is 5.82 Å². The van der Waals surface area contributed by atoms with Crippen molar-refractivity contribution in [3.05, 3.63) is 65.6 Å². The predicted octanol–water partition coefficient (Wildman–Crippen LogP) is 2.71. The van der Waals surface area contributed by atoms with E-state index in [4.69, 9.17) is 9.47 Å². The van der Waals surface area contributed by atoms with Crippen molar-refractivity contribution in [2.75, 3.05) is 13.8 Å². The molecule has 0 bridgehead atoms. The summed E-state index contributed by atoms with van der Waals surface area (Å²) in [7, 11) is 1.39. The molecule has 8 nitrogen and oxygen atoms in total. The maximum absolute atomic E-state index is 15.2. The summed E-state index contributed by atoms with van der Waals surface area (Å²) in [5.74, 6) is -0.377. The zero-order valence-electron chi connectivity index (χ0n) is 17.6. The van der Waals surface area contributed by atoms with Gasteiger partial charge in [-0.15, -0.1) is 0 Å². The van der Waals surface area contributed by atoms with Gasteiger partial charge in [-0.3, -0.25) is 14.3 Å². The minimum atomic E-state index is -0.692. The molecule has 0 spiro atoms. The molecule has 1 aliphatic heterocycles. The molecule has 1 aliphatic carbocycles. The lowest BCUT2D eigenvalue weighted by atomic mass is 9.99. The number of carbonyl (C=O) groups is 1. The molecule has 9 heteroatoms. The van der Waals surface area contributed by atoms with E-state index >= 15 is 4.39 Å². The number of methoxy groups -OCH3 is 1. The Morgan fingerprint density at radius 1 is 1.34 bits per heavy atom. The largest absolute Gasteiger partial charge is 0.493 e. The van der Waals surface area contributed by atoms with Crippen LogP contribution in [0.15, 0.2) is 43.1 Å². The Bertz CT molecular complexity index is 1130. The summed E-state index contributed by atoms with van der Waals surface area (Å²) < 4.78 is 28.0. The van der Waals surface area contributed by atoms with Gasteiger partial charge in [0.05, 0.1) is 24.8 Å². The second-order valence-electron chi connectivity index (χ2n) is 8.04. The molecule has 1 saturated carbocycles. The number of hydrogen-bond acceptors (Lipinski definition) is 6. The van der Waals surface area contributed by atoms with Crippen LogP contribution < -0.4 is 9.47 Å². The standard InChI is InChI=1S/C23H23FN4O4/c1-31-21-15(9-14-5-6-19(26-11-14)27-8-7-25-12-27)10-16-22(20(21)24)32-13-28(23(16)30)17-3-2-4-18(17)29/h5-8,10-12,17-18,29H,2-4,9,13H2,1H3/t17-,18-/m0/s1. The number of aliphatic hydroxyl groups excluding tert-OH is 1. The highest BCUT2D eigenvalue weighted by molar-refractivity contribution is 5.98. The van der Waals surface area contributed by atoms with Gasteiger partial charge in [0.1, 0.15) is 12.1 Å². The zero-order valence-corrected chi connectivity index (χ0v) is 17.6. The normalized spacial score (nSPS) is 20.2. The quantitative estimate of drug-likeness (QED) is 0.659. The first kappa shape index (κ1) is 20.4. The number of rotatable bonds is 5. The third-order valence-corrected chi connectivity index (χ3v) is 6.11. The molecule has 3 aromatic rings. The van der Waals surface area contributed by atoms with Gasteiger partial charge in [-0.25, -0.2) is 9.97 Å². The van der Waals surface area contributed by atoms with Crippen LogP contribution in [0.1, 0.15) is 40.7 Å². The van der Waals surface area contributed by atoms with E-state index < -0.39 is 11.9 Å². The zero-order chi connectivity index (χ0) is 22.2. The number of carbonyl (C=O) groups excluding carboxylic acids is 1. The Kier molecular flexibility index (Phi) is 5.26. The van der Waals surface area contributed by atoms with E-state index in [1.165, 1.54) is 12.0 Å². The van der Waals surface area contributed by atoms with Crippen molar-refractivity contribution in [1.29, 1.82) is 0 Å². The van der Waals surface area contributed by atoms with Crippen LogP contribution in [0.2, 0.25) is 0 Å². The molecule has 0 radical (unpaired) electrons. The Morgan fingerprint density at radius 3 is 2.88 bits per heavy atom. The average molecular weight is 438 g/mol. The number of benzene rings is 1. The highest BCUT2D eigenvalue weighted by Gasteiger charge is 2.39. The summed E-state index contributed by atoms with van der Waals surface area (Å²) in [6.45, 7) is -0.0907. The molecular formula is C23H23FN4O4. The minimum Gasteiger partial charge on any atom is -0.493 e. The minimum absolute atomic E-state index is 0.0459. The van der Waals surface area contributed by atoms with E-state index in [1.54, 1.807) is 35.6 Å². The van der Waals surface area contributed by atoms with Crippen molar-refractivity contribution in [2.24, 2.45) is 0 Å². The number of ether oxygens (including phenoxy) is 2. The Balaban J connectivity index is 1.46. The summed E-state index contributed by atoms with van der Waals surface area (Å²) in [5.41, 5.74) is 1.50. The van der Waals surface area contributed by atoms with Gasteiger partial charge in [0.25, 0.3) is 5.91 Å². The van der Waals surface area contributed by atoms with E-state index in [0.29, 0.717) is 30.6 Å². The first-order valence-electron chi connectivity index (χ1n) is 10.5. The van der Waals surface area contributed by atoms with Crippen LogP contribution >= 0.6 is 0 Å². The number of hydrogen-bond donors (Lipinski definition) is 1. The average Bonchev–Trinajstić information content (AvgIpc) is 3.48. The number of aliphatic hydroxyl groups is 1. The van der Waals surface area contributed by atoms with Gasteiger partial charge in [-0.2, -0.15) is 4.39 Å². The monoisotopic (exact) mass is 438 g/mol. The van der Waals surface area contributed by atoms with Crippen molar-refractivity contribution in [3.63, 3.8) is 0 Å². The summed E-state index contributed by atoms with van der Waals surface area (Å²) in [6.07, 6.45) is 8.74. The molecule has 1 aromatic carbocycles. The molecule has 3 heterocycles. The first-order chi connectivity index (χ1) is 15.6. The molecule has 1 fully saturated rings. The van der Waals surface area contributed by atoms with Crippen molar-refractivity contribution in [2.45, 2.75) is 37.8 Å². The molecule has 5 rings (SSSR count). The van der Waals surface area contributed by atoms with E-state index in [1.807, 2.05) is 12.1 Å². The van der Waals surface area contributed by atoms with Crippen LogP contribution in [0.5, 0.6) is 11.5 Å². The number of pyridine rings is 1. The lowest BCUT2D eigenvalue weighted by molar-refractivity contribution is 0.0114. The second kappa shape index (κ2) is 8.23. The van der Waals surface area contributed by atoms with E-state index in [0.717, 1.165) is 12.0 Å². The summed E-state index contributed by atoms with van der Waals surface area (Å²) >= 11 is 0. The molecular weight excluding hydrogens is 415 g/mol. The summed E-state index contributed by atoms with van der Waals surface area (Å²) in [6, 6.07) is 5.04. The molecule has 0 saturated heterocycles. The number of amides is 1. The van der Waals surface area contributed by atoms with Crippen molar-refractivity contribution < 1.29 is 23.8 Å². The number of halogens is 1. The smallest absolute Gasteiger partial charge is 0.260 e. The molecule has 2 aromatic heterocycles. The van der Waals surface area contributed by atoms with Crippen LogP contribution in [0, 0.1) is 5.82 Å². The molecule has 1 amide bonds. The topological polar surface area (TPSA) is 89.7 Å². The lowest BCUT2D eigenvalue weighted by Crippen LogP contribution is -2.48. The number of aromatic nitrogens is 3. The summed E-state index contributed by atoms with van der Waals surface area (Å²) in [5, 5.41) is 10.2.